The number of ether oxygens (including phenoxy) is 4. The van der Waals surface area contributed by atoms with Gasteiger partial charge < -0.3 is 24.7 Å². The lowest BCUT2D eigenvalue weighted by atomic mass is 9.83. The molecule has 0 radical (unpaired) electrons. The van der Waals surface area contributed by atoms with Crippen molar-refractivity contribution < 1.29 is 23.7 Å². The summed E-state index contributed by atoms with van der Waals surface area (Å²) >= 11 is 6.15. The summed E-state index contributed by atoms with van der Waals surface area (Å²) in [4.78, 5) is 12.5. The Morgan fingerprint density at radius 1 is 1.05 bits per heavy atom. The highest BCUT2D eigenvalue weighted by atomic mass is 35.5. The van der Waals surface area contributed by atoms with Crippen molar-refractivity contribution in [2.75, 3.05) is 7.11 Å². The summed E-state index contributed by atoms with van der Waals surface area (Å²) in [5.41, 5.74) is 10.8. The fourth-order valence-corrected chi connectivity index (χ4v) is 4.79. The second-order valence-electron chi connectivity index (χ2n) is 9.58. The van der Waals surface area contributed by atoms with E-state index in [4.69, 9.17) is 36.3 Å². The molecule has 0 spiro atoms. The fraction of sp³-hybridized carbons (Fsp3) is 0.118. The van der Waals surface area contributed by atoms with Crippen LogP contribution in [0.15, 0.2) is 102 Å². The van der Waals surface area contributed by atoms with Gasteiger partial charge in [-0.15, -0.1) is 0 Å². The average molecular weight is 579 g/mol. The number of nitrogens with two attached hydrogens (primary N) is 1. The third kappa shape index (κ3) is 6.25. The Labute approximate surface area is 249 Å². The molecule has 0 aromatic heterocycles. The smallest absolute Gasteiger partial charge is 0.336 e. The molecule has 1 heterocycles. The zero-order valence-corrected chi connectivity index (χ0v) is 23.7. The monoisotopic (exact) mass is 578 g/mol. The summed E-state index contributed by atoms with van der Waals surface area (Å²) in [6, 6.07) is 27.9. The summed E-state index contributed by atoms with van der Waals surface area (Å²) in [5.74, 6) is 0.549. The second kappa shape index (κ2) is 12.5. The number of allylic oxidation sites excluding steroid dienone is 1. The molecular weight excluding hydrogens is 552 g/mol. The van der Waals surface area contributed by atoms with Crippen molar-refractivity contribution in [3.63, 3.8) is 0 Å². The Bertz CT molecular complexity index is 1740. The van der Waals surface area contributed by atoms with E-state index < -0.39 is 11.9 Å². The van der Waals surface area contributed by atoms with E-state index >= 15 is 0 Å². The van der Waals surface area contributed by atoms with Crippen molar-refractivity contribution in [2.45, 2.75) is 19.4 Å². The molecule has 4 aromatic carbocycles. The van der Waals surface area contributed by atoms with Crippen LogP contribution in [0.2, 0.25) is 5.02 Å². The van der Waals surface area contributed by atoms with Gasteiger partial charge in [0.25, 0.3) is 0 Å². The maximum atomic E-state index is 12.5. The van der Waals surface area contributed by atoms with Crippen molar-refractivity contribution >= 4 is 23.6 Å². The van der Waals surface area contributed by atoms with Gasteiger partial charge in [0.1, 0.15) is 29.7 Å². The Morgan fingerprint density at radius 2 is 1.83 bits per heavy atom. The van der Waals surface area contributed by atoms with Gasteiger partial charge >= 0.3 is 5.97 Å². The van der Waals surface area contributed by atoms with E-state index in [1.165, 1.54) is 11.6 Å². The van der Waals surface area contributed by atoms with Crippen LogP contribution in [0.1, 0.15) is 33.7 Å². The standard InChI is InChI=1S/C34H27ClN2O5/c1-21-7-9-22(10-8-21)20-40-29-15-11-24(17-31(29)39-2)33-26-14-13-25(18-30(26)42-34(37)27(33)19-36)41-32(38)16-12-23-5-3-4-6-28(23)35/h3-18,33H,20,37H2,1-2H3/b16-12+. The summed E-state index contributed by atoms with van der Waals surface area (Å²) in [6.07, 6.45) is 2.87. The highest BCUT2D eigenvalue weighted by Crippen LogP contribution is 2.45. The Hall–Kier alpha value is -5.19. The predicted molar refractivity (Wildman–Crippen MR) is 160 cm³/mol. The quantitative estimate of drug-likeness (QED) is 0.135. The maximum Gasteiger partial charge on any atom is 0.336 e. The topological polar surface area (TPSA) is 104 Å². The third-order valence-electron chi connectivity index (χ3n) is 6.75. The molecule has 42 heavy (non-hydrogen) atoms. The van der Waals surface area contributed by atoms with Crippen molar-refractivity contribution in [1.29, 1.82) is 5.26 Å². The molecule has 0 aliphatic carbocycles. The molecule has 0 amide bonds. The predicted octanol–water partition coefficient (Wildman–Crippen LogP) is 7.07. The van der Waals surface area contributed by atoms with E-state index in [9.17, 15) is 10.1 Å². The van der Waals surface area contributed by atoms with E-state index in [1.807, 2.05) is 55.5 Å². The number of hydrogen-bond acceptors (Lipinski definition) is 7. The number of esters is 1. The highest BCUT2D eigenvalue weighted by Gasteiger charge is 2.31. The number of hydrogen-bond donors (Lipinski definition) is 1. The van der Waals surface area contributed by atoms with Gasteiger partial charge in [-0.2, -0.15) is 5.26 Å². The first-order valence-corrected chi connectivity index (χ1v) is 13.5. The lowest BCUT2D eigenvalue weighted by Crippen LogP contribution is -2.21. The first-order chi connectivity index (χ1) is 20.4. The van der Waals surface area contributed by atoms with Gasteiger partial charge in [-0.25, -0.2) is 4.79 Å². The molecule has 1 aliphatic heterocycles. The lowest BCUT2D eigenvalue weighted by Gasteiger charge is -2.27. The molecule has 0 saturated heterocycles. The minimum absolute atomic E-state index is 0.0317. The minimum atomic E-state index is -0.589. The van der Waals surface area contributed by atoms with E-state index in [2.05, 4.69) is 6.07 Å². The van der Waals surface area contributed by atoms with Crippen LogP contribution in [-0.4, -0.2) is 13.1 Å². The van der Waals surface area contributed by atoms with Crippen LogP contribution < -0.4 is 24.7 Å². The minimum Gasteiger partial charge on any atom is -0.493 e. The number of fused-ring (bicyclic) bond motifs is 1. The molecule has 1 aliphatic rings. The van der Waals surface area contributed by atoms with Crippen LogP contribution >= 0.6 is 11.6 Å². The van der Waals surface area contributed by atoms with Crippen LogP contribution in [0.5, 0.6) is 23.0 Å². The van der Waals surface area contributed by atoms with Gasteiger partial charge in [0.15, 0.2) is 11.5 Å². The van der Waals surface area contributed by atoms with Crippen molar-refractivity contribution in [1.82, 2.24) is 0 Å². The number of aryl methyl sites for hydroxylation is 1. The molecule has 4 aromatic rings. The number of nitrogens with zero attached hydrogens (tertiary/aromatic N) is 1. The number of rotatable bonds is 8. The number of nitriles is 1. The molecular formula is C34H27ClN2O5. The molecule has 210 valence electrons. The first kappa shape index (κ1) is 28.3. The SMILES string of the molecule is COc1cc(C2C(C#N)=C(N)Oc3cc(OC(=O)/C=C/c4ccccc4Cl)ccc32)ccc1OCc1ccc(C)cc1. The number of carbonyl (C=O) groups excluding carboxylic acids is 1. The maximum absolute atomic E-state index is 12.5. The third-order valence-corrected chi connectivity index (χ3v) is 7.09. The van der Waals surface area contributed by atoms with Gasteiger partial charge in [-0.3, -0.25) is 0 Å². The largest absolute Gasteiger partial charge is 0.493 e. The number of halogens is 1. The normalized spacial score (nSPS) is 14.1. The van der Waals surface area contributed by atoms with Crippen LogP contribution in [0.25, 0.3) is 6.08 Å². The van der Waals surface area contributed by atoms with Gasteiger partial charge in [0.2, 0.25) is 5.88 Å². The van der Waals surface area contributed by atoms with Gasteiger partial charge in [0.05, 0.1) is 13.0 Å². The van der Waals surface area contributed by atoms with Gasteiger partial charge in [-0.1, -0.05) is 71.8 Å². The fourth-order valence-electron chi connectivity index (χ4n) is 4.59. The van der Waals surface area contributed by atoms with Crippen molar-refractivity contribution in [2.24, 2.45) is 5.73 Å². The molecule has 7 nitrogen and oxygen atoms in total. The molecule has 8 heteroatoms. The summed E-state index contributed by atoms with van der Waals surface area (Å²) in [5, 5.41) is 10.5. The first-order valence-electron chi connectivity index (χ1n) is 13.1. The molecule has 2 N–H and O–H groups in total. The lowest BCUT2D eigenvalue weighted by molar-refractivity contribution is -0.128. The second-order valence-corrected chi connectivity index (χ2v) is 9.99. The Morgan fingerprint density at radius 3 is 2.57 bits per heavy atom. The van der Waals surface area contributed by atoms with Crippen LogP contribution in [0.4, 0.5) is 0 Å². The number of benzene rings is 4. The van der Waals surface area contributed by atoms with Crippen molar-refractivity contribution in [3.8, 4) is 29.1 Å². The van der Waals surface area contributed by atoms with Crippen LogP contribution in [-0.2, 0) is 11.4 Å². The summed E-state index contributed by atoms with van der Waals surface area (Å²) < 4.78 is 22.9. The average Bonchev–Trinajstić information content (AvgIpc) is 2.99. The molecule has 1 unspecified atom stereocenters. The molecule has 1 atom stereocenters. The van der Waals surface area contributed by atoms with Gasteiger partial charge in [0, 0.05) is 22.7 Å². The van der Waals surface area contributed by atoms with Crippen LogP contribution in [0.3, 0.4) is 0 Å². The Balaban J connectivity index is 1.39. The van der Waals surface area contributed by atoms with Gasteiger partial charge in [-0.05, 0) is 54.0 Å². The van der Waals surface area contributed by atoms with E-state index in [-0.39, 0.29) is 17.2 Å². The van der Waals surface area contributed by atoms with E-state index in [1.54, 1.807) is 49.6 Å². The summed E-state index contributed by atoms with van der Waals surface area (Å²) in [6.45, 7) is 2.41. The number of carbonyl (C=O) groups is 1. The zero-order chi connectivity index (χ0) is 29.6. The van der Waals surface area contributed by atoms with E-state index in [0.29, 0.717) is 40.0 Å². The number of methoxy groups -OCH3 is 1. The molecule has 0 saturated carbocycles. The van der Waals surface area contributed by atoms with Crippen molar-refractivity contribution in [3.05, 3.63) is 135 Å². The Kier molecular flexibility index (Phi) is 8.47. The van der Waals surface area contributed by atoms with Crippen LogP contribution in [0, 0.1) is 18.3 Å². The molecule has 0 bridgehead atoms. The molecule has 5 rings (SSSR count). The van der Waals surface area contributed by atoms with E-state index in [0.717, 1.165) is 11.1 Å². The molecule has 0 fully saturated rings. The zero-order valence-electron chi connectivity index (χ0n) is 23.0. The highest BCUT2D eigenvalue weighted by molar-refractivity contribution is 6.32. The summed E-state index contributed by atoms with van der Waals surface area (Å²) in [7, 11) is 1.56.